The molecule has 1 aliphatic carbocycles. The predicted octanol–water partition coefficient (Wildman–Crippen LogP) is 3.02. The van der Waals surface area contributed by atoms with Crippen molar-refractivity contribution < 1.29 is 23.4 Å². The van der Waals surface area contributed by atoms with Gasteiger partial charge in [0.25, 0.3) is 5.91 Å². The molecular formula is C19H21F2NO3S. The Morgan fingerprint density at radius 3 is 2.81 bits per heavy atom. The van der Waals surface area contributed by atoms with Gasteiger partial charge in [0, 0.05) is 23.2 Å². The van der Waals surface area contributed by atoms with Crippen molar-refractivity contribution in [1.82, 2.24) is 4.90 Å². The molecule has 0 radical (unpaired) electrons. The van der Waals surface area contributed by atoms with E-state index in [9.17, 15) is 13.6 Å². The normalized spacial score (nSPS) is 25.3. The molecule has 2 aliphatic rings. The van der Waals surface area contributed by atoms with E-state index < -0.39 is 12.3 Å². The second-order valence-corrected chi connectivity index (χ2v) is 7.63. The quantitative estimate of drug-likeness (QED) is 0.823. The van der Waals surface area contributed by atoms with Crippen LogP contribution in [0.25, 0.3) is 0 Å². The summed E-state index contributed by atoms with van der Waals surface area (Å²) in [6.07, 6.45) is 1.90. The van der Waals surface area contributed by atoms with Crippen LogP contribution in [0.4, 0.5) is 8.78 Å². The van der Waals surface area contributed by atoms with E-state index in [4.69, 9.17) is 9.84 Å². The molecule has 1 amide bonds. The van der Waals surface area contributed by atoms with Gasteiger partial charge >= 0.3 is 0 Å². The minimum atomic E-state index is -1.61. The summed E-state index contributed by atoms with van der Waals surface area (Å²) in [6.45, 7) is 0.976. The van der Waals surface area contributed by atoms with Crippen LogP contribution in [0.2, 0.25) is 0 Å². The van der Waals surface area contributed by atoms with Crippen molar-refractivity contribution in [2.75, 3.05) is 19.7 Å². The number of aliphatic hydroxyl groups is 1. The van der Waals surface area contributed by atoms with Gasteiger partial charge < -0.3 is 14.7 Å². The summed E-state index contributed by atoms with van der Waals surface area (Å²) in [5.41, 5.74) is 0.775. The van der Waals surface area contributed by atoms with E-state index in [1.807, 2.05) is 0 Å². The van der Waals surface area contributed by atoms with E-state index in [1.165, 1.54) is 23.9 Å². The van der Waals surface area contributed by atoms with Gasteiger partial charge in [-0.15, -0.1) is 11.8 Å². The van der Waals surface area contributed by atoms with Gasteiger partial charge in [0.2, 0.25) is 0 Å². The summed E-state index contributed by atoms with van der Waals surface area (Å²) in [5, 5.41) is 9.07. The lowest BCUT2D eigenvalue weighted by atomic mass is 10.1. The van der Waals surface area contributed by atoms with Crippen LogP contribution < -0.4 is 4.74 Å². The fourth-order valence-electron chi connectivity index (χ4n) is 2.88. The Labute approximate surface area is 155 Å². The number of ether oxygens (including phenoxy) is 1. The molecule has 1 aliphatic heterocycles. The first kappa shape index (κ1) is 18.9. The number of allylic oxidation sites excluding steroid dienone is 4. The van der Waals surface area contributed by atoms with Crippen molar-refractivity contribution in [2.45, 2.75) is 30.6 Å². The lowest BCUT2D eigenvalue weighted by Crippen LogP contribution is -2.33. The maximum absolute atomic E-state index is 13.9. The molecule has 3 rings (SSSR count). The summed E-state index contributed by atoms with van der Waals surface area (Å²) in [6, 6.07) is 6.89. The molecule has 4 nitrogen and oxygen atoms in total. The van der Waals surface area contributed by atoms with Crippen LogP contribution in [0.1, 0.15) is 12.0 Å². The topological polar surface area (TPSA) is 49.8 Å². The number of hydrogen-bond donors (Lipinski definition) is 1. The summed E-state index contributed by atoms with van der Waals surface area (Å²) >= 11 is 1.32. The molecule has 7 heteroatoms. The van der Waals surface area contributed by atoms with Crippen molar-refractivity contribution >= 4 is 17.7 Å². The zero-order chi connectivity index (χ0) is 18.5. The van der Waals surface area contributed by atoms with Crippen molar-refractivity contribution in [1.29, 1.82) is 0 Å². The number of hydrogen-bond acceptors (Lipinski definition) is 4. The van der Waals surface area contributed by atoms with E-state index in [0.29, 0.717) is 23.7 Å². The van der Waals surface area contributed by atoms with Gasteiger partial charge in [-0.1, -0.05) is 18.2 Å². The van der Waals surface area contributed by atoms with Crippen molar-refractivity contribution in [3.8, 4) is 5.75 Å². The van der Waals surface area contributed by atoms with Crippen molar-refractivity contribution in [3.05, 3.63) is 53.0 Å². The van der Waals surface area contributed by atoms with Gasteiger partial charge in [-0.3, -0.25) is 4.79 Å². The van der Waals surface area contributed by atoms with E-state index >= 15 is 0 Å². The largest absolute Gasteiger partial charge is 0.484 e. The molecule has 0 aromatic heterocycles. The molecule has 0 saturated carbocycles. The van der Waals surface area contributed by atoms with Crippen LogP contribution in [0.3, 0.4) is 0 Å². The number of amides is 1. The van der Waals surface area contributed by atoms with Gasteiger partial charge in [0.05, 0.1) is 6.61 Å². The molecule has 26 heavy (non-hydrogen) atoms. The third-order valence-corrected chi connectivity index (χ3v) is 5.73. The van der Waals surface area contributed by atoms with Gasteiger partial charge in [0.1, 0.15) is 5.75 Å². The standard InChI is InChI=1S/C19H21F2NO3S/c20-16-2-1-3-17(19(16)21)26-15-8-9-22(10-15)18(24)12-25-14-6-4-13(11-23)5-7-14/h1-7,15-16,19,23H,8-12H2. The molecule has 1 N–H and O–H groups in total. The van der Waals surface area contributed by atoms with E-state index in [2.05, 4.69) is 0 Å². The highest BCUT2D eigenvalue weighted by atomic mass is 32.2. The lowest BCUT2D eigenvalue weighted by molar-refractivity contribution is -0.132. The summed E-state index contributed by atoms with van der Waals surface area (Å²) < 4.78 is 32.8. The van der Waals surface area contributed by atoms with Gasteiger partial charge in [-0.05, 0) is 36.3 Å². The van der Waals surface area contributed by atoms with Crippen LogP contribution >= 0.6 is 11.8 Å². The number of nitrogens with zero attached hydrogens (tertiary/aromatic N) is 1. The van der Waals surface area contributed by atoms with Crippen molar-refractivity contribution in [2.24, 2.45) is 0 Å². The maximum Gasteiger partial charge on any atom is 0.260 e. The zero-order valence-electron chi connectivity index (χ0n) is 14.2. The average Bonchev–Trinajstić information content (AvgIpc) is 3.12. The average molecular weight is 381 g/mol. The number of thioether (sulfide) groups is 1. The number of rotatable bonds is 6. The van der Waals surface area contributed by atoms with Crippen LogP contribution in [0.15, 0.2) is 47.4 Å². The summed E-state index contributed by atoms with van der Waals surface area (Å²) in [7, 11) is 0. The van der Waals surface area contributed by atoms with Crippen LogP contribution in [-0.2, 0) is 11.4 Å². The number of aliphatic hydroxyl groups excluding tert-OH is 1. The van der Waals surface area contributed by atoms with Gasteiger partial charge in [0.15, 0.2) is 19.0 Å². The Morgan fingerprint density at radius 2 is 2.08 bits per heavy atom. The number of carbonyl (C=O) groups is 1. The highest BCUT2D eigenvalue weighted by Crippen LogP contribution is 2.35. The Hall–Kier alpha value is -1.86. The van der Waals surface area contributed by atoms with E-state index in [0.717, 1.165) is 12.0 Å². The maximum atomic E-state index is 13.9. The molecule has 3 atom stereocenters. The molecule has 1 fully saturated rings. The first-order chi connectivity index (χ1) is 12.6. The fourth-order valence-corrected chi connectivity index (χ4v) is 4.16. The molecule has 1 saturated heterocycles. The van der Waals surface area contributed by atoms with Gasteiger partial charge in [-0.25, -0.2) is 8.78 Å². The van der Waals surface area contributed by atoms with Gasteiger partial charge in [-0.2, -0.15) is 0 Å². The highest BCUT2D eigenvalue weighted by Gasteiger charge is 2.32. The minimum Gasteiger partial charge on any atom is -0.484 e. The molecule has 140 valence electrons. The number of carbonyl (C=O) groups excluding carboxylic acids is 1. The monoisotopic (exact) mass is 381 g/mol. The molecule has 1 aromatic rings. The van der Waals surface area contributed by atoms with E-state index in [1.54, 1.807) is 35.2 Å². The summed E-state index contributed by atoms with van der Waals surface area (Å²) in [5.74, 6) is 0.436. The second-order valence-electron chi connectivity index (χ2n) is 6.26. The number of alkyl halides is 2. The predicted molar refractivity (Wildman–Crippen MR) is 97.5 cm³/mol. The summed E-state index contributed by atoms with van der Waals surface area (Å²) in [4.78, 5) is 14.4. The first-order valence-electron chi connectivity index (χ1n) is 8.50. The minimum absolute atomic E-state index is 0.0405. The molecular weight excluding hydrogens is 360 g/mol. The Bertz CT molecular complexity index is 693. The van der Waals surface area contributed by atoms with Crippen LogP contribution in [-0.4, -0.2) is 53.2 Å². The Balaban J connectivity index is 1.46. The SMILES string of the molecule is O=C(COc1ccc(CO)cc1)N1CCC(SC2=CC=CC(F)C2F)C1. The number of benzene rings is 1. The third kappa shape index (κ3) is 4.65. The van der Waals surface area contributed by atoms with Crippen LogP contribution in [0.5, 0.6) is 5.75 Å². The smallest absolute Gasteiger partial charge is 0.260 e. The number of likely N-dealkylation sites (tertiary alicyclic amines) is 1. The first-order valence-corrected chi connectivity index (χ1v) is 9.38. The molecule has 3 unspecified atom stereocenters. The van der Waals surface area contributed by atoms with E-state index in [-0.39, 0.29) is 24.4 Å². The second kappa shape index (κ2) is 8.68. The van der Waals surface area contributed by atoms with Crippen molar-refractivity contribution in [3.63, 3.8) is 0 Å². The highest BCUT2D eigenvalue weighted by molar-refractivity contribution is 8.03. The fraction of sp³-hybridized carbons (Fsp3) is 0.421. The molecule has 0 spiro atoms. The Morgan fingerprint density at radius 1 is 1.31 bits per heavy atom. The van der Waals surface area contributed by atoms with Crippen LogP contribution in [0, 0.1) is 0 Å². The zero-order valence-corrected chi connectivity index (χ0v) is 15.0. The third-order valence-electron chi connectivity index (χ3n) is 4.38. The Kier molecular flexibility index (Phi) is 6.32. The molecule has 1 aromatic carbocycles. The molecule has 0 bridgehead atoms. The number of halogens is 2. The lowest BCUT2D eigenvalue weighted by Gasteiger charge is -2.20. The molecule has 1 heterocycles.